The fraction of sp³-hybridized carbons (Fsp3) is 0.500. The Bertz CT molecular complexity index is 749. The summed E-state index contributed by atoms with van der Waals surface area (Å²) in [6.45, 7) is 3.76. The Morgan fingerprint density at radius 3 is 2.88 bits per heavy atom. The molecule has 2 atom stereocenters. The standard InChI is InChI=1S/C18H22N4O2S/c1-21-5-4-14-10-22(12-18(14,11-21)17(23)24)9-13-7-19-16(20-8-13)15-3-2-6-25-15/h2-3,6-8,14H,4-5,9-12H2,1H3,(H,23,24)/t14-,18-/m0/s1. The smallest absolute Gasteiger partial charge is 0.312 e. The van der Waals surface area contributed by atoms with Gasteiger partial charge in [0, 0.05) is 44.1 Å². The van der Waals surface area contributed by atoms with Crippen molar-refractivity contribution in [2.75, 3.05) is 33.2 Å². The lowest BCUT2D eigenvalue weighted by Crippen LogP contribution is -2.52. The predicted molar refractivity (Wildman–Crippen MR) is 96.3 cm³/mol. The number of carboxylic acid groups (broad SMARTS) is 1. The van der Waals surface area contributed by atoms with Gasteiger partial charge < -0.3 is 10.0 Å². The van der Waals surface area contributed by atoms with Crippen LogP contribution in [0.1, 0.15) is 12.0 Å². The topological polar surface area (TPSA) is 69.6 Å². The van der Waals surface area contributed by atoms with E-state index in [1.54, 1.807) is 11.3 Å². The maximum absolute atomic E-state index is 12.0. The van der Waals surface area contributed by atoms with E-state index in [9.17, 15) is 9.90 Å². The molecule has 4 heterocycles. The third kappa shape index (κ3) is 3.07. The highest BCUT2D eigenvalue weighted by atomic mass is 32.1. The minimum atomic E-state index is -0.657. The summed E-state index contributed by atoms with van der Waals surface area (Å²) in [5.41, 5.74) is 0.401. The number of nitrogens with zero attached hydrogens (tertiary/aromatic N) is 4. The SMILES string of the molecule is CN1CC[C@H]2CN(Cc3cnc(-c4cccs4)nc3)C[C@@]2(C(=O)O)C1. The quantitative estimate of drug-likeness (QED) is 0.902. The average molecular weight is 358 g/mol. The van der Waals surface area contributed by atoms with Gasteiger partial charge in [0.05, 0.1) is 10.3 Å². The fourth-order valence-electron chi connectivity index (χ4n) is 4.22. The van der Waals surface area contributed by atoms with Crippen LogP contribution in [0.15, 0.2) is 29.9 Å². The molecule has 0 radical (unpaired) electrons. The molecule has 2 aliphatic heterocycles. The molecule has 0 bridgehead atoms. The molecule has 2 fully saturated rings. The number of aliphatic carboxylic acids is 1. The predicted octanol–water partition coefficient (Wildman–Crippen LogP) is 2.04. The lowest BCUT2D eigenvalue weighted by Gasteiger charge is -2.39. The van der Waals surface area contributed by atoms with Gasteiger partial charge in [-0.25, -0.2) is 9.97 Å². The summed E-state index contributed by atoms with van der Waals surface area (Å²) in [6, 6.07) is 4.00. The summed E-state index contributed by atoms with van der Waals surface area (Å²) in [5.74, 6) is 0.320. The highest BCUT2D eigenvalue weighted by Gasteiger charge is 2.54. The number of likely N-dealkylation sites (tertiary alicyclic amines) is 2. The van der Waals surface area contributed by atoms with Crippen molar-refractivity contribution < 1.29 is 9.90 Å². The van der Waals surface area contributed by atoms with Crippen molar-refractivity contribution in [3.63, 3.8) is 0 Å². The van der Waals surface area contributed by atoms with Crippen LogP contribution in [-0.2, 0) is 11.3 Å². The number of thiophene rings is 1. The zero-order chi connectivity index (χ0) is 17.4. The Balaban J connectivity index is 1.48. The highest BCUT2D eigenvalue weighted by molar-refractivity contribution is 7.13. The molecule has 0 aliphatic carbocycles. The van der Waals surface area contributed by atoms with Gasteiger partial charge in [0.25, 0.3) is 0 Å². The molecular formula is C18H22N4O2S. The van der Waals surface area contributed by atoms with E-state index in [-0.39, 0.29) is 5.92 Å². The molecule has 1 N–H and O–H groups in total. The van der Waals surface area contributed by atoms with E-state index in [1.165, 1.54) is 0 Å². The molecule has 2 saturated heterocycles. The number of piperidine rings is 1. The molecule has 132 valence electrons. The van der Waals surface area contributed by atoms with Crippen LogP contribution in [0, 0.1) is 11.3 Å². The van der Waals surface area contributed by atoms with Gasteiger partial charge >= 0.3 is 5.97 Å². The molecule has 0 amide bonds. The number of hydrogen-bond donors (Lipinski definition) is 1. The summed E-state index contributed by atoms with van der Waals surface area (Å²) in [5, 5.41) is 11.9. The van der Waals surface area contributed by atoms with E-state index < -0.39 is 11.4 Å². The van der Waals surface area contributed by atoms with Crippen LogP contribution in [-0.4, -0.2) is 64.1 Å². The van der Waals surface area contributed by atoms with Crippen LogP contribution in [0.25, 0.3) is 10.7 Å². The summed E-state index contributed by atoms with van der Waals surface area (Å²) in [7, 11) is 2.01. The van der Waals surface area contributed by atoms with Gasteiger partial charge in [-0.2, -0.15) is 0 Å². The molecular weight excluding hydrogens is 336 g/mol. The van der Waals surface area contributed by atoms with Crippen molar-refractivity contribution in [2.45, 2.75) is 13.0 Å². The number of aromatic nitrogens is 2. The van der Waals surface area contributed by atoms with Crippen LogP contribution in [0.3, 0.4) is 0 Å². The van der Waals surface area contributed by atoms with Gasteiger partial charge in [-0.05, 0) is 37.4 Å². The normalized spacial score (nSPS) is 27.3. The van der Waals surface area contributed by atoms with Crippen LogP contribution >= 0.6 is 11.3 Å². The van der Waals surface area contributed by atoms with Crippen LogP contribution in [0.5, 0.6) is 0 Å². The minimum Gasteiger partial charge on any atom is -0.481 e. The maximum Gasteiger partial charge on any atom is 0.312 e. The van der Waals surface area contributed by atoms with Gasteiger partial charge in [-0.1, -0.05) is 6.07 Å². The lowest BCUT2D eigenvalue weighted by molar-refractivity contribution is -0.153. The molecule has 2 aliphatic rings. The van der Waals surface area contributed by atoms with Gasteiger partial charge in [0.15, 0.2) is 5.82 Å². The Hall–Kier alpha value is -1.83. The second-order valence-electron chi connectivity index (χ2n) is 7.25. The van der Waals surface area contributed by atoms with E-state index in [1.807, 2.05) is 37.0 Å². The molecule has 4 rings (SSSR count). The van der Waals surface area contributed by atoms with Crippen molar-refractivity contribution in [3.8, 4) is 10.7 Å². The molecule has 2 aromatic rings. The maximum atomic E-state index is 12.0. The van der Waals surface area contributed by atoms with Crippen LogP contribution in [0.2, 0.25) is 0 Å². The first kappa shape index (κ1) is 16.6. The van der Waals surface area contributed by atoms with Crippen molar-refractivity contribution in [1.29, 1.82) is 0 Å². The van der Waals surface area contributed by atoms with E-state index in [2.05, 4.69) is 19.8 Å². The third-order valence-corrected chi connectivity index (χ3v) is 6.32. The zero-order valence-corrected chi connectivity index (χ0v) is 15.1. The summed E-state index contributed by atoms with van der Waals surface area (Å²) >= 11 is 1.63. The zero-order valence-electron chi connectivity index (χ0n) is 14.3. The van der Waals surface area contributed by atoms with E-state index in [0.29, 0.717) is 19.6 Å². The second-order valence-corrected chi connectivity index (χ2v) is 8.19. The molecule has 0 spiro atoms. The van der Waals surface area contributed by atoms with Crippen LogP contribution < -0.4 is 0 Å². The Morgan fingerprint density at radius 1 is 1.40 bits per heavy atom. The van der Waals surface area contributed by atoms with Crippen molar-refractivity contribution in [1.82, 2.24) is 19.8 Å². The summed E-state index contributed by atoms with van der Waals surface area (Å²) < 4.78 is 0. The number of carbonyl (C=O) groups is 1. The first-order valence-corrected chi connectivity index (χ1v) is 9.44. The molecule has 7 heteroatoms. The molecule has 6 nitrogen and oxygen atoms in total. The van der Waals surface area contributed by atoms with Crippen molar-refractivity contribution in [3.05, 3.63) is 35.5 Å². The Labute approximate surface area is 151 Å². The molecule has 0 aromatic carbocycles. The fourth-order valence-corrected chi connectivity index (χ4v) is 4.89. The Kier molecular flexibility index (Phi) is 4.31. The first-order valence-electron chi connectivity index (χ1n) is 8.56. The highest BCUT2D eigenvalue weighted by Crippen LogP contribution is 2.42. The van der Waals surface area contributed by atoms with E-state index in [4.69, 9.17) is 0 Å². The van der Waals surface area contributed by atoms with Gasteiger partial charge in [-0.3, -0.25) is 9.69 Å². The molecule has 0 saturated carbocycles. The lowest BCUT2D eigenvalue weighted by atomic mass is 9.73. The van der Waals surface area contributed by atoms with Gasteiger partial charge in [0.2, 0.25) is 0 Å². The number of hydrogen-bond acceptors (Lipinski definition) is 6. The average Bonchev–Trinajstić information content (AvgIpc) is 3.23. The van der Waals surface area contributed by atoms with Gasteiger partial charge in [-0.15, -0.1) is 11.3 Å². The van der Waals surface area contributed by atoms with Crippen LogP contribution in [0.4, 0.5) is 0 Å². The molecule has 0 unspecified atom stereocenters. The second kappa shape index (κ2) is 6.48. The van der Waals surface area contributed by atoms with E-state index in [0.717, 1.165) is 35.8 Å². The first-order chi connectivity index (χ1) is 12.1. The molecule has 25 heavy (non-hydrogen) atoms. The van der Waals surface area contributed by atoms with E-state index >= 15 is 0 Å². The number of fused-ring (bicyclic) bond motifs is 1. The number of rotatable bonds is 4. The minimum absolute atomic E-state index is 0.229. The third-order valence-electron chi connectivity index (χ3n) is 5.46. The largest absolute Gasteiger partial charge is 0.481 e. The monoisotopic (exact) mass is 358 g/mol. The number of carboxylic acids is 1. The van der Waals surface area contributed by atoms with Gasteiger partial charge in [0.1, 0.15) is 0 Å². The summed E-state index contributed by atoms with van der Waals surface area (Å²) in [6.07, 6.45) is 4.68. The van der Waals surface area contributed by atoms with Crippen molar-refractivity contribution in [2.24, 2.45) is 11.3 Å². The summed E-state index contributed by atoms with van der Waals surface area (Å²) in [4.78, 5) is 26.4. The Morgan fingerprint density at radius 2 is 2.20 bits per heavy atom. The van der Waals surface area contributed by atoms with Crippen molar-refractivity contribution >= 4 is 17.3 Å². The molecule has 2 aromatic heterocycles.